The molecule has 0 radical (unpaired) electrons. The molecule has 2 rings (SSSR count). The van der Waals surface area contributed by atoms with Gasteiger partial charge in [0.25, 0.3) is 0 Å². The van der Waals surface area contributed by atoms with Crippen LogP contribution in [0.2, 0.25) is 0 Å². The molecule has 11 heteroatoms. The van der Waals surface area contributed by atoms with Crippen LogP contribution in [-0.4, -0.2) is 57.6 Å². The normalized spacial score (nSPS) is 11.5. The van der Waals surface area contributed by atoms with Crippen molar-refractivity contribution in [2.75, 3.05) is 33.6 Å². The molecule has 0 heterocycles. The van der Waals surface area contributed by atoms with Gasteiger partial charge >= 0.3 is 6.61 Å². The highest BCUT2D eigenvalue weighted by Gasteiger charge is 2.18. The monoisotopic (exact) mass is 459 g/mol. The number of nitrogens with zero attached hydrogens (tertiary/aromatic N) is 2. The molecular formula is C19H23F2N3O4S2. The first-order valence-corrected chi connectivity index (χ1v) is 10.6. The molecule has 0 fully saturated rings. The molecular weight excluding hydrogens is 436 g/mol. The number of benzene rings is 2. The molecule has 0 spiro atoms. The predicted octanol–water partition coefficient (Wildman–Crippen LogP) is 3.38. The fourth-order valence-corrected chi connectivity index (χ4v) is 3.64. The number of hydrogen-bond acceptors (Lipinski definition) is 5. The Morgan fingerprint density at radius 3 is 2.43 bits per heavy atom. The smallest absolute Gasteiger partial charge is 0.387 e. The van der Waals surface area contributed by atoms with E-state index in [1.807, 2.05) is 0 Å². The van der Waals surface area contributed by atoms with Crippen molar-refractivity contribution in [1.29, 1.82) is 0 Å². The Hall–Kier alpha value is -2.50. The molecule has 0 aromatic heterocycles. The second kappa shape index (κ2) is 10.0. The van der Waals surface area contributed by atoms with E-state index in [4.69, 9.17) is 17.0 Å². The number of anilines is 1. The van der Waals surface area contributed by atoms with Crippen molar-refractivity contribution < 1.29 is 26.7 Å². The minimum atomic E-state index is -3.57. The van der Waals surface area contributed by atoms with E-state index in [1.54, 1.807) is 36.2 Å². The zero-order chi connectivity index (χ0) is 22.5. The maximum absolute atomic E-state index is 12.5. The molecule has 30 heavy (non-hydrogen) atoms. The molecule has 7 nitrogen and oxygen atoms in total. The molecule has 0 saturated carbocycles. The van der Waals surface area contributed by atoms with E-state index in [2.05, 4.69) is 10.1 Å². The van der Waals surface area contributed by atoms with Crippen LogP contribution in [0.1, 0.15) is 5.56 Å². The number of hydrogen-bond donors (Lipinski definition) is 1. The lowest BCUT2D eigenvalue weighted by atomic mass is 10.2. The van der Waals surface area contributed by atoms with E-state index in [0.717, 1.165) is 9.87 Å². The Morgan fingerprint density at radius 1 is 1.13 bits per heavy atom. The van der Waals surface area contributed by atoms with Gasteiger partial charge in [-0.1, -0.05) is 12.1 Å². The zero-order valence-electron chi connectivity index (χ0n) is 16.9. The number of halogens is 2. The van der Waals surface area contributed by atoms with E-state index in [0.29, 0.717) is 17.3 Å². The summed E-state index contributed by atoms with van der Waals surface area (Å²) in [6.07, 6.45) is 0. The Balaban J connectivity index is 2.10. The standard InChI is InChI=1S/C19H23F2N3O4S2/c1-23(2)30(25,26)15-7-5-6-14(11-15)22-19(29)24(3)12-13-8-9-16(28-18(20)21)17(10-13)27-4/h5-11,18H,12H2,1-4H3,(H,22,29). The predicted molar refractivity (Wildman–Crippen MR) is 115 cm³/mol. The summed E-state index contributed by atoms with van der Waals surface area (Å²) in [7, 11) is 2.45. The van der Waals surface area contributed by atoms with Crippen LogP contribution in [0.15, 0.2) is 47.4 Å². The number of sulfonamides is 1. The van der Waals surface area contributed by atoms with E-state index in [9.17, 15) is 17.2 Å². The summed E-state index contributed by atoms with van der Waals surface area (Å²) in [6.45, 7) is -2.59. The quantitative estimate of drug-likeness (QED) is 0.607. The minimum Gasteiger partial charge on any atom is -0.493 e. The molecule has 0 saturated heterocycles. The molecule has 164 valence electrons. The van der Waals surface area contributed by atoms with Crippen molar-refractivity contribution >= 4 is 33.0 Å². The van der Waals surface area contributed by atoms with Crippen LogP contribution in [0.3, 0.4) is 0 Å². The lowest BCUT2D eigenvalue weighted by molar-refractivity contribution is -0.0512. The van der Waals surface area contributed by atoms with Crippen molar-refractivity contribution in [3.63, 3.8) is 0 Å². The highest BCUT2D eigenvalue weighted by Crippen LogP contribution is 2.30. The molecule has 2 aromatic rings. The zero-order valence-corrected chi connectivity index (χ0v) is 18.6. The van der Waals surface area contributed by atoms with Crippen LogP contribution in [0, 0.1) is 0 Å². The molecule has 0 bridgehead atoms. The van der Waals surface area contributed by atoms with Gasteiger partial charge in [-0.05, 0) is 48.1 Å². The molecule has 0 unspecified atom stereocenters. The molecule has 2 aromatic carbocycles. The van der Waals surface area contributed by atoms with Gasteiger partial charge in [-0.15, -0.1) is 0 Å². The van der Waals surface area contributed by atoms with Crippen molar-refractivity contribution in [2.45, 2.75) is 18.1 Å². The first-order chi connectivity index (χ1) is 14.0. The molecule has 0 aliphatic carbocycles. The summed E-state index contributed by atoms with van der Waals surface area (Å²) in [5.74, 6) is 0.125. The number of methoxy groups -OCH3 is 1. The highest BCUT2D eigenvalue weighted by atomic mass is 32.2. The van der Waals surface area contributed by atoms with Gasteiger partial charge in [0.2, 0.25) is 10.0 Å². The van der Waals surface area contributed by atoms with Crippen molar-refractivity contribution in [3.05, 3.63) is 48.0 Å². The summed E-state index contributed by atoms with van der Waals surface area (Å²) >= 11 is 5.39. The first-order valence-electron chi connectivity index (χ1n) is 8.71. The second-order valence-corrected chi connectivity index (χ2v) is 9.00. The summed E-state index contributed by atoms with van der Waals surface area (Å²) in [5.41, 5.74) is 1.28. The SMILES string of the molecule is COc1cc(CN(C)C(=S)Nc2cccc(S(=O)(=O)N(C)C)c2)ccc1OC(F)F. The highest BCUT2D eigenvalue weighted by molar-refractivity contribution is 7.89. The van der Waals surface area contributed by atoms with Gasteiger partial charge in [0.15, 0.2) is 16.6 Å². The number of nitrogens with one attached hydrogen (secondary N) is 1. The summed E-state index contributed by atoms with van der Waals surface area (Å²) in [4.78, 5) is 1.85. The van der Waals surface area contributed by atoms with Gasteiger partial charge in [-0.2, -0.15) is 8.78 Å². The van der Waals surface area contributed by atoms with Gasteiger partial charge in [-0.3, -0.25) is 0 Å². The molecule has 0 aliphatic rings. The third-order valence-electron chi connectivity index (χ3n) is 4.07. The largest absolute Gasteiger partial charge is 0.493 e. The van der Waals surface area contributed by atoms with Gasteiger partial charge in [0, 0.05) is 33.4 Å². The topological polar surface area (TPSA) is 71.1 Å². The van der Waals surface area contributed by atoms with Crippen LogP contribution >= 0.6 is 12.2 Å². The Kier molecular flexibility index (Phi) is 7.93. The van der Waals surface area contributed by atoms with Gasteiger partial charge < -0.3 is 19.7 Å². The first kappa shape index (κ1) is 23.8. The summed E-state index contributed by atoms with van der Waals surface area (Å²) < 4.78 is 60.1. The Bertz CT molecular complexity index is 1000. The second-order valence-electron chi connectivity index (χ2n) is 6.47. The number of alkyl halides is 2. The number of rotatable bonds is 8. The third kappa shape index (κ3) is 6.00. The van der Waals surface area contributed by atoms with Crippen LogP contribution in [-0.2, 0) is 16.6 Å². The van der Waals surface area contributed by atoms with E-state index in [-0.39, 0.29) is 16.4 Å². The van der Waals surface area contributed by atoms with Gasteiger partial charge in [0.1, 0.15) is 0 Å². The maximum Gasteiger partial charge on any atom is 0.387 e. The molecule has 1 N–H and O–H groups in total. The average Bonchev–Trinajstić information content (AvgIpc) is 2.68. The van der Waals surface area contributed by atoms with Crippen LogP contribution < -0.4 is 14.8 Å². The van der Waals surface area contributed by atoms with E-state index in [1.165, 1.54) is 39.4 Å². The minimum absolute atomic E-state index is 0.0569. The van der Waals surface area contributed by atoms with Crippen molar-refractivity contribution in [2.24, 2.45) is 0 Å². The molecule has 0 aliphatic heterocycles. The van der Waals surface area contributed by atoms with Gasteiger partial charge in [0.05, 0.1) is 12.0 Å². The van der Waals surface area contributed by atoms with Crippen molar-refractivity contribution in [1.82, 2.24) is 9.21 Å². The summed E-state index contributed by atoms with van der Waals surface area (Å²) in [5, 5.41) is 3.35. The molecule has 0 atom stereocenters. The van der Waals surface area contributed by atoms with Crippen molar-refractivity contribution in [3.8, 4) is 11.5 Å². The summed E-state index contributed by atoms with van der Waals surface area (Å²) in [6, 6.07) is 10.9. The van der Waals surface area contributed by atoms with Crippen LogP contribution in [0.5, 0.6) is 11.5 Å². The fraction of sp³-hybridized carbons (Fsp3) is 0.316. The van der Waals surface area contributed by atoms with E-state index >= 15 is 0 Å². The molecule has 0 amide bonds. The maximum atomic E-state index is 12.5. The number of thiocarbonyl (C=S) groups is 1. The average molecular weight is 460 g/mol. The lowest BCUT2D eigenvalue weighted by Crippen LogP contribution is -2.30. The van der Waals surface area contributed by atoms with E-state index < -0.39 is 16.6 Å². The lowest BCUT2D eigenvalue weighted by Gasteiger charge is -2.22. The number of ether oxygens (including phenoxy) is 2. The van der Waals surface area contributed by atoms with Gasteiger partial charge in [-0.25, -0.2) is 12.7 Å². The fourth-order valence-electron chi connectivity index (χ4n) is 2.51. The van der Waals surface area contributed by atoms with Crippen LogP contribution in [0.4, 0.5) is 14.5 Å². The Labute approximate surface area is 180 Å². The Morgan fingerprint density at radius 2 is 1.83 bits per heavy atom. The van der Waals surface area contributed by atoms with Crippen LogP contribution in [0.25, 0.3) is 0 Å². The third-order valence-corrected chi connectivity index (χ3v) is 6.30.